The standard InChI is InChI=1S/C18H25N3O3/c1-14(2)21-12-17(15(3)19-21)11-20(9-10-22)18(23)24-13-16-7-5-4-6-8-16/h4-8,12,14,22H,9-11,13H2,1-3H3. The van der Waals surface area contributed by atoms with Gasteiger partial charge >= 0.3 is 6.09 Å². The van der Waals surface area contributed by atoms with E-state index < -0.39 is 6.09 Å². The van der Waals surface area contributed by atoms with E-state index in [2.05, 4.69) is 18.9 Å². The van der Waals surface area contributed by atoms with Crippen LogP contribution in [0.4, 0.5) is 4.79 Å². The van der Waals surface area contributed by atoms with Gasteiger partial charge in [0.1, 0.15) is 6.61 Å². The number of carbonyl (C=O) groups is 1. The molecule has 6 nitrogen and oxygen atoms in total. The minimum absolute atomic E-state index is 0.113. The Balaban J connectivity index is 2.01. The molecule has 0 aliphatic heterocycles. The average molecular weight is 331 g/mol. The first-order valence-electron chi connectivity index (χ1n) is 8.12. The normalized spacial score (nSPS) is 10.9. The molecule has 1 aromatic carbocycles. The molecule has 0 aliphatic rings. The Morgan fingerprint density at radius 3 is 2.62 bits per heavy atom. The van der Waals surface area contributed by atoms with E-state index in [1.807, 2.05) is 48.1 Å². The highest BCUT2D eigenvalue weighted by atomic mass is 16.6. The molecule has 1 aromatic heterocycles. The van der Waals surface area contributed by atoms with Gasteiger partial charge in [-0.2, -0.15) is 5.10 Å². The van der Waals surface area contributed by atoms with E-state index >= 15 is 0 Å². The molecule has 0 spiro atoms. The Morgan fingerprint density at radius 1 is 1.33 bits per heavy atom. The lowest BCUT2D eigenvalue weighted by Crippen LogP contribution is -2.33. The highest BCUT2D eigenvalue weighted by molar-refractivity contribution is 5.67. The van der Waals surface area contributed by atoms with E-state index in [0.717, 1.165) is 16.8 Å². The summed E-state index contributed by atoms with van der Waals surface area (Å²) < 4.78 is 7.23. The summed E-state index contributed by atoms with van der Waals surface area (Å²) in [4.78, 5) is 13.8. The Morgan fingerprint density at radius 2 is 2.04 bits per heavy atom. The predicted octanol–water partition coefficient (Wildman–Crippen LogP) is 2.90. The van der Waals surface area contributed by atoms with Crippen LogP contribution < -0.4 is 0 Å². The minimum Gasteiger partial charge on any atom is -0.445 e. The van der Waals surface area contributed by atoms with Crippen molar-refractivity contribution in [3.63, 3.8) is 0 Å². The third kappa shape index (κ3) is 4.83. The largest absolute Gasteiger partial charge is 0.445 e. The van der Waals surface area contributed by atoms with Gasteiger partial charge in [-0.15, -0.1) is 0 Å². The maximum atomic E-state index is 12.3. The fraction of sp³-hybridized carbons (Fsp3) is 0.444. The van der Waals surface area contributed by atoms with Gasteiger partial charge in [0.05, 0.1) is 18.8 Å². The molecule has 6 heteroatoms. The summed E-state index contributed by atoms with van der Waals surface area (Å²) in [5.74, 6) is 0. The lowest BCUT2D eigenvalue weighted by Gasteiger charge is -2.21. The Kier molecular flexibility index (Phi) is 6.37. The first kappa shape index (κ1) is 18.0. The second-order valence-corrected chi connectivity index (χ2v) is 6.00. The minimum atomic E-state index is -0.440. The third-order valence-electron chi connectivity index (χ3n) is 3.74. The molecule has 0 aliphatic carbocycles. The summed E-state index contributed by atoms with van der Waals surface area (Å²) in [6.07, 6.45) is 1.50. The molecule has 2 rings (SSSR count). The molecule has 0 unspecified atom stereocenters. The Labute approximate surface area is 142 Å². The fourth-order valence-electron chi connectivity index (χ4n) is 2.31. The van der Waals surface area contributed by atoms with Crippen molar-refractivity contribution in [2.24, 2.45) is 0 Å². The number of amides is 1. The van der Waals surface area contributed by atoms with Gasteiger partial charge in [-0.05, 0) is 26.3 Å². The van der Waals surface area contributed by atoms with E-state index in [1.165, 1.54) is 4.90 Å². The number of benzene rings is 1. The number of carbonyl (C=O) groups excluding carboxylic acids is 1. The monoisotopic (exact) mass is 331 g/mol. The maximum absolute atomic E-state index is 12.3. The summed E-state index contributed by atoms with van der Waals surface area (Å²) in [7, 11) is 0. The van der Waals surface area contributed by atoms with E-state index in [1.54, 1.807) is 0 Å². The van der Waals surface area contributed by atoms with Gasteiger partial charge in [0.15, 0.2) is 0 Å². The van der Waals surface area contributed by atoms with E-state index in [0.29, 0.717) is 6.54 Å². The second kappa shape index (κ2) is 8.49. The number of nitrogens with zero attached hydrogens (tertiary/aromatic N) is 3. The molecule has 0 bridgehead atoms. The number of aliphatic hydroxyl groups is 1. The van der Waals surface area contributed by atoms with Gasteiger partial charge in [-0.25, -0.2) is 4.79 Å². The number of aliphatic hydroxyl groups excluding tert-OH is 1. The molecule has 24 heavy (non-hydrogen) atoms. The Hall–Kier alpha value is -2.34. The zero-order valence-corrected chi connectivity index (χ0v) is 14.5. The lowest BCUT2D eigenvalue weighted by atomic mass is 10.2. The number of ether oxygens (including phenoxy) is 1. The van der Waals surface area contributed by atoms with Crippen LogP contribution in [0.15, 0.2) is 36.5 Å². The molecule has 1 heterocycles. The molecule has 1 N–H and O–H groups in total. The summed E-state index contributed by atoms with van der Waals surface area (Å²) in [5.41, 5.74) is 2.76. The van der Waals surface area contributed by atoms with Crippen molar-refractivity contribution >= 4 is 6.09 Å². The highest BCUT2D eigenvalue weighted by Gasteiger charge is 2.18. The van der Waals surface area contributed by atoms with Crippen LogP contribution in [0.3, 0.4) is 0 Å². The van der Waals surface area contributed by atoms with Crippen LogP contribution in [0, 0.1) is 6.92 Å². The second-order valence-electron chi connectivity index (χ2n) is 6.00. The summed E-state index contributed by atoms with van der Waals surface area (Å²) in [6, 6.07) is 9.78. The fourth-order valence-corrected chi connectivity index (χ4v) is 2.31. The van der Waals surface area contributed by atoms with Crippen LogP contribution in [0.25, 0.3) is 0 Å². The third-order valence-corrected chi connectivity index (χ3v) is 3.74. The number of aryl methyl sites for hydroxylation is 1. The first-order chi connectivity index (χ1) is 11.5. The van der Waals surface area contributed by atoms with Crippen molar-refractivity contribution in [1.29, 1.82) is 0 Å². The maximum Gasteiger partial charge on any atom is 0.410 e. The summed E-state index contributed by atoms with van der Waals surface area (Å²) in [6.45, 7) is 6.71. The van der Waals surface area contributed by atoms with Crippen molar-refractivity contribution in [1.82, 2.24) is 14.7 Å². The molecular formula is C18H25N3O3. The molecule has 130 valence electrons. The van der Waals surface area contributed by atoms with Gasteiger partial charge in [-0.3, -0.25) is 4.68 Å². The number of rotatable bonds is 7. The van der Waals surface area contributed by atoms with Crippen molar-refractivity contribution < 1.29 is 14.6 Å². The van der Waals surface area contributed by atoms with Gasteiger partial charge in [0.25, 0.3) is 0 Å². The van der Waals surface area contributed by atoms with Crippen LogP contribution in [-0.2, 0) is 17.9 Å². The van der Waals surface area contributed by atoms with Crippen LogP contribution in [0.2, 0.25) is 0 Å². The van der Waals surface area contributed by atoms with Crippen LogP contribution in [0.5, 0.6) is 0 Å². The molecule has 0 atom stereocenters. The number of hydrogen-bond donors (Lipinski definition) is 1. The quantitative estimate of drug-likeness (QED) is 0.847. The smallest absolute Gasteiger partial charge is 0.410 e. The van der Waals surface area contributed by atoms with Crippen molar-refractivity contribution in [2.75, 3.05) is 13.2 Å². The zero-order chi connectivity index (χ0) is 17.5. The van der Waals surface area contributed by atoms with Crippen LogP contribution >= 0.6 is 0 Å². The molecule has 0 saturated heterocycles. The number of hydrogen-bond acceptors (Lipinski definition) is 4. The van der Waals surface area contributed by atoms with Gasteiger partial charge in [0, 0.05) is 24.3 Å². The predicted molar refractivity (Wildman–Crippen MR) is 91.5 cm³/mol. The molecule has 0 saturated carbocycles. The summed E-state index contributed by atoms with van der Waals surface area (Å²) in [5, 5.41) is 13.7. The summed E-state index contributed by atoms with van der Waals surface area (Å²) >= 11 is 0. The average Bonchev–Trinajstić information content (AvgIpc) is 2.94. The molecule has 2 aromatic rings. The lowest BCUT2D eigenvalue weighted by molar-refractivity contribution is 0.0858. The van der Waals surface area contributed by atoms with Crippen molar-refractivity contribution in [3.05, 3.63) is 53.3 Å². The zero-order valence-electron chi connectivity index (χ0n) is 14.5. The van der Waals surface area contributed by atoms with E-state index in [9.17, 15) is 9.90 Å². The first-order valence-corrected chi connectivity index (χ1v) is 8.12. The van der Waals surface area contributed by atoms with E-state index in [-0.39, 0.29) is 25.8 Å². The molecule has 1 amide bonds. The van der Waals surface area contributed by atoms with Gasteiger partial charge < -0.3 is 14.7 Å². The highest BCUT2D eigenvalue weighted by Crippen LogP contribution is 2.14. The van der Waals surface area contributed by atoms with Gasteiger partial charge in [0.2, 0.25) is 0 Å². The van der Waals surface area contributed by atoms with Crippen molar-refractivity contribution in [2.45, 2.75) is 40.0 Å². The van der Waals surface area contributed by atoms with E-state index in [4.69, 9.17) is 4.74 Å². The topological polar surface area (TPSA) is 67.6 Å². The molecule has 0 radical (unpaired) electrons. The molecule has 0 fully saturated rings. The Bertz CT molecular complexity index is 653. The van der Waals surface area contributed by atoms with Crippen LogP contribution in [-0.4, -0.2) is 39.0 Å². The SMILES string of the molecule is Cc1nn(C(C)C)cc1CN(CCO)C(=O)OCc1ccccc1. The molecular weight excluding hydrogens is 306 g/mol. The number of aromatic nitrogens is 2. The van der Waals surface area contributed by atoms with Crippen LogP contribution in [0.1, 0.15) is 36.7 Å². The van der Waals surface area contributed by atoms with Crippen molar-refractivity contribution in [3.8, 4) is 0 Å². The van der Waals surface area contributed by atoms with Gasteiger partial charge in [-0.1, -0.05) is 30.3 Å².